The number of aromatic amines is 1. The van der Waals surface area contributed by atoms with Crippen LogP contribution < -0.4 is 15.4 Å². The predicted octanol–water partition coefficient (Wildman–Crippen LogP) is 2.78. The van der Waals surface area contributed by atoms with Gasteiger partial charge in [0.1, 0.15) is 0 Å². The summed E-state index contributed by atoms with van der Waals surface area (Å²) in [7, 11) is -1.81. The van der Waals surface area contributed by atoms with Gasteiger partial charge in [0, 0.05) is 43.8 Å². The summed E-state index contributed by atoms with van der Waals surface area (Å²) in [5.74, 6) is 0.638. The van der Waals surface area contributed by atoms with Crippen LogP contribution in [-0.2, 0) is 16.4 Å². The lowest BCUT2D eigenvalue weighted by atomic mass is 10.1. The number of halogens is 1. The van der Waals surface area contributed by atoms with Gasteiger partial charge in [-0.05, 0) is 37.1 Å². The molecule has 3 rings (SSSR count). The molecule has 0 unspecified atom stereocenters. The maximum absolute atomic E-state index is 12.3. The number of rotatable bonds is 8. The van der Waals surface area contributed by atoms with E-state index < -0.39 is 10.0 Å². The normalized spacial score (nSPS) is 11.9. The van der Waals surface area contributed by atoms with Crippen LogP contribution in [-0.4, -0.2) is 46.0 Å². The van der Waals surface area contributed by atoms with E-state index in [1.165, 1.54) is 10.9 Å². The first-order valence-corrected chi connectivity index (χ1v) is 11.0. The van der Waals surface area contributed by atoms with Crippen molar-refractivity contribution in [1.82, 2.24) is 20.3 Å². The Morgan fingerprint density at radius 2 is 1.70 bits per heavy atom. The molecule has 30 heavy (non-hydrogen) atoms. The van der Waals surface area contributed by atoms with Crippen molar-refractivity contribution in [2.24, 2.45) is 4.99 Å². The molecule has 0 spiro atoms. The van der Waals surface area contributed by atoms with Crippen LogP contribution in [0.3, 0.4) is 0 Å². The van der Waals surface area contributed by atoms with Crippen LogP contribution in [0.1, 0.15) is 11.1 Å². The molecule has 7 nitrogen and oxygen atoms in total. The molecule has 0 aliphatic heterocycles. The lowest BCUT2D eigenvalue weighted by molar-refractivity contribution is 0.580. The van der Waals surface area contributed by atoms with Crippen molar-refractivity contribution < 1.29 is 8.42 Å². The first kappa shape index (κ1) is 24.2. The zero-order valence-electron chi connectivity index (χ0n) is 17.1. The lowest BCUT2D eigenvalue weighted by Crippen LogP contribution is -2.42. The zero-order chi connectivity index (χ0) is 20.7. The van der Waals surface area contributed by atoms with Crippen molar-refractivity contribution in [2.45, 2.75) is 18.2 Å². The molecule has 0 aliphatic rings. The second-order valence-corrected chi connectivity index (χ2v) is 8.51. The number of sulfonamides is 1. The molecule has 9 heteroatoms. The van der Waals surface area contributed by atoms with Crippen LogP contribution >= 0.6 is 24.0 Å². The van der Waals surface area contributed by atoms with Crippen LogP contribution in [0.2, 0.25) is 0 Å². The van der Waals surface area contributed by atoms with Crippen LogP contribution in [0.25, 0.3) is 10.9 Å². The predicted molar refractivity (Wildman–Crippen MR) is 133 cm³/mol. The van der Waals surface area contributed by atoms with E-state index in [0.29, 0.717) is 12.5 Å². The molecule has 0 aliphatic carbocycles. The highest BCUT2D eigenvalue weighted by Crippen LogP contribution is 2.17. The quantitative estimate of drug-likeness (QED) is 0.153. The Morgan fingerprint density at radius 1 is 1.00 bits per heavy atom. The molecule has 0 atom stereocenters. The van der Waals surface area contributed by atoms with Gasteiger partial charge in [0.2, 0.25) is 10.0 Å². The Balaban J connectivity index is 0.00000320. The second-order valence-electron chi connectivity index (χ2n) is 6.75. The van der Waals surface area contributed by atoms with Crippen molar-refractivity contribution in [3.63, 3.8) is 0 Å². The third-order valence-corrected chi connectivity index (χ3v) is 6.10. The summed E-state index contributed by atoms with van der Waals surface area (Å²) < 4.78 is 27.2. The average molecular weight is 541 g/mol. The van der Waals surface area contributed by atoms with Gasteiger partial charge in [-0.2, -0.15) is 0 Å². The van der Waals surface area contributed by atoms with E-state index in [4.69, 9.17) is 0 Å². The van der Waals surface area contributed by atoms with Gasteiger partial charge in [0.25, 0.3) is 0 Å². The second kappa shape index (κ2) is 11.3. The van der Waals surface area contributed by atoms with E-state index in [1.807, 2.05) is 25.3 Å². The number of benzene rings is 2. The summed E-state index contributed by atoms with van der Waals surface area (Å²) in [5, 5.41) is 7.60. The summed E-state index contributed by atoms with van der Waals surface area (Å²) in [6.45, 7) is 3.33. The number of aromatic nitrogens is 1. The molecule has 1 heterocycles. The molecule has 0 radical (unpaired) electrons. The third kappa shape index (κ3) is 6.44. The maximum atomic E-state index is 12.3. The van der Waals surface area contributed by atoms with Gasteiger partial charge in [-0.25, -0.2) is 13.1 Å². The fourth-order valence-electron chi connectivity index (χ4n) is 3.04. The van der Waals surface area contributed by atoms with Crippen LogP contribution in [0, 0.1) is 6.92 Å². The highest BCUT2D eigenvalue weighted by Gasteiger charge is 2.12. The topological polar surface area (TPSA) is 98.4 Å². The van der Waals surface area contributed by atoms with Crippen molar-refractivity contribution in [2.75, 3.05) is 26.7 Å². The minimum absolute atomic E-state index is 0. The SMILES string of the molecule is CN=C(NCCNS(=O)(=O)c1ccc(C)cc1)NCCc1c[nH]c2ccccc12.I. The van der Waals surface area contributed by atoms with E-state index >= 15 is 0 Å². The molecular formula is C21H28IN5O2S. The molecule has 0 amide bonds. The molecule has 0 fully saturated rings. The van der Waals surface area contributed by atoms with Crippen LogP contribution in [0.15, 0.2) is 64.6 Å². The lowest BCUT2D eigenvalue weighted by Gasteiger charge is -2.12. The first-order chi connectivity index (χ1) is 14.0. The molecule has 0 saturated heterocycles. The Kier molecular flexibility index (Phi) is 9.12. The highest BCUT2D eigenvalue weighted by molar-refractivity contribution is 14.0. The highest BCUT2D eigenvalue weighted by atomic mass is 127. The monoisotopic (exact) mass is 541 g/mol. The summed E-state index contributed by atoms with van der Waals surface area (Å²) in [5.41, 5.74) is 3.40. The molecule has 0 saturated carbocycles. The Morgan fingerprint density at radius 3 is 2.43 bits per heavy atom. The fourth-order valence-corrected chi connectivity index (χ4v) is 4.07. The van der Waals surface area contributed by atoms with E-state index in [-0.39, 0.29) is 35.4 Å². The van der Waals surface area contributed by atoms with Crippen molar-refractivity contribution in [3.05, 3.63) is 65.9 Å². The Bertz CT molecular complexity index is 1080. The van der Waals surface area contributed by atoms with Crippen molar-refractivity contribution >= 4 is 50.9 Å². The number of fused-ring (bicyclic) bond motifs is 1. The number of aryl methyl sites for hydroxylation is 1. The standard InChI is InChI=1S/C21H27N5O2S.HI/c1-16-7-9-18(10-8-16)29(27,28)26-14-13-24-21(22-2)23-12-11-17-15-25-20-6-4-3-5-19(17)20;/h3-10,15,25-26H,11-14H2,1-2H3,(H2,22,23,24);1H. The molecule has 162 valence electrons. The largest absolute Gasteiger partial charge is 0.361 e. The average Bonchev–Trinajstić information content (AvgIpc) is 3.13. The number of aliphatic imine (C=N–C) groups is 1. The Labute approximate surface area is 194 Å². The molecule has 1 aromatic heterocycles. The number of para-hydroxylation sites is 1. The molecule has 0 bridgehead atoms. The first-order valence-electron chi connectivity index (χ1n) is 9.55. The zero-order valence-corrected chi connectivity index (χ0v) is 20.3. The number of nitrogens with one attached hydrogen (secondary N) is 4. The van der Waals surface area contributed by atoms with Gasteiger partial charge in [-0.1, -0.05) is 35.9 Å². The molecular weight excluding hydrogens is 513 g/mol. The molecule has 3 aromatic rings. The van der Waals surface area contributed by atoms with E-state index in [1.54, 1.807) is 31.3 Å². The van der Waals surface area contributed by atoms with Gasteiger partial charge in [0.15, 0.2) is 5.96 Å². The summed E-state index contributed by atoms with van der Waals surface area (Å²) in [6.07, 6.45) is 2.88. The Hall–Kier alpha value is -2.11. The number of hydrogen-bond acceptors (Lipinski definition) is 3. The minimum atomic E-state index is -3.50. The van der Waals surface area contributed by atoms with Gasteiger partial charge < -0.3 is 15.6 Å². The number of guanidine groups is 1. The smallest absolute Gasteiger partial charge is 0.240 e. The van der Waals surface area contributed by atoms with Crippen molar-refractivity contribution in [3.8, 4) is 0 Å². The number of hydrogen-bond donors (Lipinski definition) is 4. The van der Waals surface area contributed by atoms with Gasteiger partial charge >= 0.3 is 0 Å². The van der Waals surface area contributed by atoms with Crippen molar-refractivity contribution in [1.29, 1.82) is 0 Å². The molecule has 4 N–H and O–H groups in total. The van der Waals surface area contributed by atoms with E-state index in [9.17, 15) is 8.42 Å². The fraction of sp³-hybridized carbons (Fsp3) is 0.286. The number of H-pyrrole nitrogens is 1. The minimum Gasteiger partial charge on any atom is -0.361 e. The summed E-state index contributed by atoms with van der Waals surface area (Å²) in [6, 6.07) is 15.0. The van der Waals surface area contributed by atoms with E-state index in [2.05, 4.69) is 37.5 Å². The van der Waals surface area contributed by atoms with Crippen LogP contribution in [0.5, 0.6) is 0 Å². The van der Waals surface area contributed by atoms with Crippen LogP contribution in [0.4, 0.5) is 0 Å². The van der Waals surface area contributed by atoms with E-state index in [0.717, 1.165) is 24.0 Å². The maximum Gasteiger partial charge on any atom is 0.240 e. The number of nitrogens with zero attached hydrogens (tertiary/aromatic N) is 1. The molecule has 2 aromatic carbocycles. The van der Waals surface area contributed by atoms with Gasteiger partial charge in [-0.3, -0.25) is 4.99 Å². The van der Waals surface area contributed by atoms with Gasteiger partial charge in [0.05, 0.1) is 4.90 Å². The van der Waals surface area contributed by atoms with Gasteiger partial charge in [-0.15, -0.1) is 24.0 Å². The third-order valence-electron chi connectivity index (χ3n) is 4.63. The summed E-state index contributed by atoms with van der Waals surface area (Å²) >= 11 is 0. The summed E-state index contributed by atoms with van der Waals surface area (Å²) in [4.78, 5) is 7.72.